The van der Waals surface area contributed by atoms with Gasteiger partial charge in [-0.15, -0.1) is 0 Å². The lowest BCUT2D eigenvalue weighted by Crippen LogP contribution is -2.61. The Morgan fingerprint density at radius 2 is 1.83 bits per heavy atom. The average Bonchev–Trinajstić information content (AvgIpc) is 3.12. The predicted molar refractivity (Wildman–Crippen MR) is 172 cm³/mol. The molecular formula is C33H32ClF3N6O3. The van der Waals surface area contributed by atoms with E-state index in [0.29, 0.717) is 16.9 Å². The van der Waals surface area contributed by atoms with Gasteiger partial charge in [0.2, 0.25) is 5.91 Å². The molecule has 1 amide bonds. The maximum atomic E-state index is 17.1. The van der Waals surface area contributed by atoms with Crippen molar-refractivity contribution in [1.29, 1.82) is 0 Å². The van der Waals surface area contributed by atoms with Crippen molar-refractivity contribution in [2.75, 3.05) is 36.5 Å². The minimum Gasteiger partial charge on any atom is -0.507 e. The summed E-state index contributed by atoms with van der Waals surface area (Å²) in [6, 6.07) is 2.58. The Kier molecular flexibility index (Phi) is 7.74. The number of aromatic nitrogens is 3. The summed E-state index contributed by atoms with van der Waals surface area (Å²) in [7, 11) is 1.62. The van der Waals surface area contributed by atoms with Gasteiger partial charge in [0.25, 0.3) is 0 Å². The molecule has 0 saturated carbocycles. The van der Waals surface area contributed by atoms with Crippen LogP contribution in [0, 0.1) is 24.4 Å². The molecule has 13 heteroatoms. The molecule has 2 aromatic carbocycles. The first-order chi connectivity index (χ1) is 21.8. The Bertz CT molecular complexity index is 2020. The number of halogens is 4. The number of piperazine rings is 1. The Labute approximate surface area is 268 Å². The van der Waals surface area contributed by atoms with Crippen LogP contribution in [0.2, 0.25) is 5.02 Å². The third kappa shape index (κ3) is 4.60. The average molecular weight is 653 g/mol. The first-order valence-corrected chi connectivity index (χ1v) is 15.2. The number of phenolic OH excluding ortho intramolecular Hbond substituents is 1. The maximum absolute atomic E-state index is 17.1. The Balaban J connectivity index is 1.81. The second-order valence-electron chi connectivity index (χ2n) is 12.1. The lowest BCUT2D eigenvalue weighted by Gasteiger charge is -2.45. The molecule has 0 spiro atoms. The lowest BCUT2D eigenvalue weighted by molar-refractivity contribution is -0.128. The number of hydrogen-bond acceptors (Lipinski definition) is 7. The molecular weight excluding hydrogens is 621 g/mol. The summed E-state index contributed by atoms with van der Waals surface area (Å²) < 4.78 is 48.4. The van der Waals surface area contributed by atoms with Crippen LogP contribution in [0.5, 0.6) is 5.75 Å². The number of pyridine rings is 1. The number of likely N-dealkylation sites (N-methyl/N-ethyl adjacent to an activating group) is 1. The second kappa shape index (κ2) is 11.3. The minimum absolute atomic E-state index is 0.00567. The molecule has 4 aromatic rings. The van der Waals surface area contributed by atoms with E-state index in [1.54, 1.807) is 36.0 Å². The number of carbonyl (C=O) groups excluding carboxylic acids is 1. The number of anilines is 2. The first kappa shape index (κ1) is 31.4. The van der Waals surface area contributed by atoms with Crippen LogP contribution in [0.1, 0.15) is 37.9 Å². The van der Waals surface area contributed by atoms with Gasteiger partial charge in [0.05, 0.1) is 44.6 Å². The van der Waals surface area contributed by atoms with Crippen molar-refractivity contribution in [3.63, 3.8) is 0 Å². The number of phenols is 1. The Morgan fingerprint density at radius 3 is 2.50 bits per heavy atom. The fourth-order valence-corrected chi connectivity index (χ4v) is 7.08. The third-order valence-electron chi connectivity index (χ3n) is 8.85. The van der Waals surface area contributed by atoms with Crippen molar-refractivity contribution >= 4 is 39.9 Å². The summed E-state index contributed by atoms with van der Waals surface area (Å²) in [5.74, 6) is -4.90. The summed E-state index contributed by atoms with van der Waals surface area (Å²) in [4.78, 5) is 41.2. The van der Waals surface area contributed by atoms with Crippen molar-refractivity contribution < 1.29 is 23.1 Å². The molecule has 6 rings (SSSR count). The van der Waals surface area contributed by atoms with E-state index >= 15 is 8.78 Å². The molecule has 2 aromatic heterocycles. The molecule has 1 fully saturated rings. The van der Waals surface area contributed by atoms with Crippen molar-refractivity contribution in [2.45, 2.75) is 45.7 Å². The van der Waals surface area contributed by atoms with E-state index in [1.807, 2.05) is 25.7 Å². The van der Waals surface area contributed by atoms with Crippen LogP contribution in [0.25, 0.3) is 27.7 Å². The Morgan fingerprint density at radius 1 is 1.11 bits per heavy atom. The van der Waals surface area contributed by atoms with E-state index in [4.69, 9.17) is 11.6 Å². The van der Waals surface area contributed by atoms with Crippen LogP contribution in [-0.2, 0) is 4.79 Å². The molecule has 2 unspecified atom stereocenters. The van der Waals surface area contributed by atoms with Gasteiger partial charge in [0, 0.05) is 44.5 Å². The summed E-state index contributed by atoms with van der Waals surface area (Å²) in [6.07, 6.45) is 2.84. The molecule has 1 saturated heterocycles. The zero-order valence-electron chi connectivity index (χ0n) is 25.9. The maximum Gasteiger partial charge on any atom is 0.354 e. The van der Waals surface area contributed by atoms with Crippen LogP contribution in [-0.4, -0.2) is 69.2 Å². The van der Waals surface area contributed by atoms with E-state index in [-0.39, 0.29) is 59.9 Å². The van der Waals surface area contributed by atoms with Gasteiger partial charge in [-0.1, -0.05) is 32.0 Å². The lowest BCUT2D eigenvalue weighted by atomic mass is 9.98. The molecule has 2 aliphatic rings. The van der Waals surface area contributed by atoms with Crippen LogP contribution >= 0.6 is 11.6 Å². The van der Waals surface area contributed by atoms with Gasteiger partial charge in [-0.25, -0.2) is 18.0 Å². The van der Waals surface area contributed by atoms with E-state index < -0.39 is 51.1 Å². The highest BCUT2D eigenvalue weighted by atomic mass is 35.5. The summed E-state index contributed by atoms with van der Waals surface area (Å²) in [6.45, 7) is 11.7. The zero-order valence-corrected chi connectivity index (χ0v) is 26.7. The number of amides is 1. The molecule has 4 heterocycles. The van der Waals surface area contributed by atoms with Gasteiger partial charge >= 0.3 is 5.69 Å². The van der Waals surface area contributed by atoms with E-state index in [9.17, 15) is 19.1 Å². The normalized spacial score (nSPS) is 17.8. The van der Waals surface area contributed by atoms with E-state index in [0.717, 1.165) is 12.1 Å². The fourth-order valence-electron chi connectivity index (χ4n) is 6.72. The van der Waals surface area contributed by atoms with Crippen LogP contribution in [0.4, 0.5) is 24.7 Å². The molecule has 240 valence electrons. The molecule has 0 aliphatic carbocycles. The molecule has 2 atom stereocenters. The highest BCUT2D eigenvalue weighted by Crippen LogP contribution is 2.50. The fraction of sp³-hybridized carbons (Fsp3) is 0.333. The van der Waals surface area contributed by atoms with Gasteiger partial charge in [0.1, 0.15) is 11.6 Å². The molecule has 1 N–H and O–H groups in total. The van der Waals surface area contributed by atoms with Crippen LogP contribution < -0.4 is 15.5 Å². The number of benzene rings is 2. The van der Waals surface area contributed by atoms with Crippen molar-refractivity contribution in [1.82, 2.24) is 19.4 Å². The smallest absolute Gasteiger partial charge is 0.354 e. The standard InChI is InChI=1S/C33H32ClF3N6O3/c1-7-21(45)41-14-18-13-40(6)31-24-30(25(34)23(27(31)37)22-20(44)9-8-19(35)26(22)36)43(29-16(4)10-11-38-28(29)15(2)3)33(46)39-32(24)42(18)12-17(41)5/h7-11,15,17-18,44H,1,12-14H2,2-6H3. The number of fused-ring (bicyclic) bond motifs is 2. The first-order valence-electron chi connectivity index (χ1n) is 14.8. The number of rotatable bonds is 4. The van der Waals surface area contributed by atoms with E-state index in [2.05, 4.69) is 16.5 Å². The largest absolute Gasteiger partial charge is 0.507 e. The van der Waals surface area contributed by atoms with Gasteiger partial charge in [-0.3, -0.25) is 14.3 Å². The molecule has 0 radical (unpaired) electrons. The number of hydrogen-bond donors (Lipinski definition) is 1. The molecule has 9 nitrogen and oxygen atoms in total. The number of carbonyl (C=O) groups is 1. The molecule has 46 heavy (non-hydrogen) atoms. The van der Waals surface area contributed by atoms with E-state index in [1.165, 1.54) is 10.6 Å². The summed E-state index contributed by atoms with van der Waals surface area (Å²) in [5.41, 5.74) is -0.681. The van der Waals surface area contributed by atoms with Gasteiger partial charge in [-0.05, 0) is 49.6 Å². The van der Waals surface area contributed by atoms with Crippen LogP contribution in [0.15, 0.2) is 41.8 Å². The number of aromatic hydroxyl groups is 1. The molecule has 2 aliphatic heterocycles. The Hall–Kier alpha value is -4.58. The van der Waals surface area contributed by atoms with Crippen molar-refractivity contribution in [3.05, 3.63) is 81.3 Å². The zero-order chi connectivity index (χ0) is 33.4. The third-order valence-corrected chi connectivity index (χ3v) is 9.22. The number of aryl methyl sites for hydroxylation is 1. The number of nitrogens with zero attached hydrogens (tertiary/aromatic N) is 6. The predicted octanol–water partition coefficient (Wildman–Crippen LogP) is 5.70. The quantitative estimate of drug-likeness (QED) is 0.283. The highest BCUT2D eigenvalue weighted by Gasteiger charge is 2.41. The topological polar surface area (TPSA) is 94.8 Å². The monoisotopic (exact) mass is 652 g/mol. The minimum atomic E-state index is -1.50. The summed E-state index contributed by atoms with van der Waals surface area (Å²) in [5, 5.41) is 10.5. The van der Waals surface area contributed by atoms with Gasteiger partial charge < -0.3 is 19.8 Å². The van der Waals surface area contributed by atoms with Crippen molar-refractivity contribution in [3.8, 4) is 22.6 Å². The SMILES string of the molecule is C=CC(=O)N1CC2CN(C)c3c(F)c(-c4c(O)ccc(F)c4F)c(Cl)c4c3c(nc(=O)n4-c3c(C)ccnc3C(C)C)N2CC1C. The van der Waals surface area contributed by atoms with Crippen LogP contribution in [0.3, 0.4) is 0 Å². The molecule has 0 bridgehead atoms. The highest BCUT2D eigenvalue weighted by molar-refractivity contribution is 6.39. The van der Waals surface area contributed by atoms with Gasteiger partial charge in [-0.2, -0.15) is 4.98 Å². The second-order valence-corrected chi connectivity index (χ2v) is 12.5. The van der Waals surface area contributed by atoms with Gasteiger partial charge in [0.15, 0.2) is 17.5 Å². The van der Waals surface area contributed by atoms with Crippen molar-refractivity contribution in [2.24, 2.45) is 0 Å². The summed E-state index contributed by atoms with van der Waals surface area (Å²) >= 11 is 7.05.